The van der Waals surface area contributed by atoms with Crippen LogP contribution < -0.4 is 5.32 Å². The van der Waals surface area contributed by atoms with Crippen LogP contribution in [0, 0.1) is 11.6 Å². The van der Waals surface area contributed by atoms with Crippen molar-refractivity contribution in [3.8, 4) is 0 Å². The van der Waals surface area contributed by atoms with Gasteiger partial charge in [0, 0.05) is 38.7 Å². The van der Waals surface area contributed by atoms with E-state index in [1.165, 1.54) is 23.3 Å². The van der Waals surface area contributed by atoms with Gasteiger partial charge < -0.3 is 10.1 Å². The molecule has 2 atom stereocenters. The zero-order chi connectivity index (χ0) is 17.2. The average Bonchev–Trinajstić information content (AvgIpc) is 2.98. The lowest BCUT2D eigenvalue weighted by atomic mass is 10.1. The fraction of sp³-hybridized carbons (Fsp3) is 0.400. The highest BCUT2D eigenvalue weighted by atomic mass is 19.1. The molecule has 0 amide bonds. The predicted molar refractivity (Wildman–Crippen MR) is 92.3 cm³/mol. The number of nitrogens with zero attached hydrogens (tertiary/aromatic N) is 1. The number of ether oxygens (including phenoxy) is 1. The van der Waals surface area contributed by atoms with E-state index in [1.807, 2.05) is 0 Å². The van der Waals surface area contributed by atoms with Crippen molar-refractivity contribution in [3.05, 3.63) is 70.8 Å². The Kier molecular flexibility index (Phi) is 4.79. The number of piperazine rings is 1. The van der Waals surface area contributed by atoms with Gasteiger partial charge in [-0.05, 0) is 28.8 Å². The first-order chi connectivity index (χ1) is 12.2. The molecule has 0 unspecified atom stereocenters. The maximum absolute atomic E-state index is 13.4. The van der Waals surface area contributed by atoms with Crippen LogP contribution >= 0.6 is 0 Å². The van der Waals surface area contributed by atoms with Gasteiger partial charge in [0.2, 0.25) is 0 Å². The minimum absolute atomic E-state index is 0.00169. The van der Waals surface area contributed by atoms with Crippen LogP contribution in [0.2, 0.25) is 0 Å². The van der Waals surface area contributed by atoms with E-state index < -0.39 is 11.6 Å². The number of benzene rings is 2. The van der Waals surface area contributed by atoms with Crippen molar-refractivity contribution in [2.24, 2.45) is 0 Å². The van der Waals surface area contributed by atoms with Crippen LogP contribution in [-0.2, 0) is 17.8 Å². The smallest absolute Gasteiger partial charge is 0.126 e. The highest BCUT2D eigenvalue weighted by molar-refractivity contribution is 5.37. The lowest BCUT2D eigenvalue weighted by molar-refractivity contribution is -0.0189. The highest BCUT2D eigenvalue weighted by Crippen LogP contribution is 2.38. The van der Waals surface area contributed by atoms with E-state index in [4.69, 9.17) is 4.74 Å². The third-order valence-electron chi connectivity index (χ3n) is 5.08. The van der Waals surface area contributed by atoms with Gasteiger partial charge in [0.1, 0.15) is 11.6 Å². The molecule has 0 aromatic heterocycles. The molecule has 4 rings (SSSR count). The Balaban J connectivity index is 1.53. The van der Waals surface area contributed by atoms with Gasteiger partial charge in [-0.3, -0.25) is 4.90 Å². The summed E-state index contributed by atoms with van der Waals surface area (Å²) in [5.41, 5.74) is 3.16. The van der Waals surface area contributed by atoms with Crippen LogP contribution in [0.25, 0.3) is 0 Å². The summed E-state index contributed by atoms with van der Waals surface area (Å²) < 4.78 is 33.0. The van der Waals surface area contributed by atoms with E-state index in [0.717, 1.165) is 38.7 Å². The predicted octanol–water partition coefficient (Wildman–Crippen LogP) is 3.05. The molecule has 1 aliphatic carbocycles. The molecule has 1 saturated heterocycles. The Morgan fingerprint density at radius 1 is 1.04 bits per heavy atom. The number of fused-ring (bicyclic) bond motifs is 1. The molecule has 0 spiro atoms. The summed E-state index contributed by atoms with van der Waals surface area (Å²) in [6, 6.07) is 12.2. The van der Waals surface area contributed by atoms with Crippen molar-refractivity contribution >= 4 is 0 Å². The number of hydrogen-bond acceptors (Lipinski definition) is 3. The summed E-state index contributed by atoms with van der Waals surface area (Å²) in [5, 5.41) is 3.38. The van der Waals surface area contributed by atoms with Crippen molar-refractivity contribution in [2.45, 2.75) is 25.2 Å². The van der Waals surface area contributed by atoms with Crippen molar-refractivity contribution < 1.29 is 13.5 Å². The fourth-order valence-corrected chi connectivity index (χ4v) is 3.98. The molecule has 1 aliphatic heterocycles. The third kappa shape index (κ3) is 3.59. The molecule has 0 radical (unpaired) electrons. The summed E-state index contributed by atoms with van der Waals surface area (Å²) in [5.74, 6) is -1.13. The monoisotopic (exact) mass is 344 g/mol. The Labute approximate surface area is 146 Å². The lowest BCUT2D eigenvalue weighted by Gasteiger charge is -2.36. The second kappa shape index (κ2) is 7.20. The number of halogens is 2. The van der Waals surface area contributed by atoms with E-state index in [1.54, 1.807) is 0 Å². The summed E-state index contributed by atoms with van der Waals surface area (Å²) >= 11 is 0. The van der Waals surface area contributed by atoms with Crippen LogP contribution in [0.5, 0.6) is 0 Å². The second-order valence-electron chi connectivity index (χ2n) is 6.76. The second-order valence-corrected chi connectivity index (χ2v) is 6.76. The van der Waals surface area contributed by atoms with E-state index in [0.29, 0.717) is 5.56 Å². The maximum atomic E-state index is 13.4. The van der Waals surface area contributed by atoms with Crippen LogP contribution in [0.4, 0.5) is 8.78 Å². The molecule has 25 heavy (non-hydrogen) atoms. The number of hydrogen-bond donors (Lipinski definition) is 1. The number of nitrogens with one attached hydrogen (secondary N) is 1. The topological polar surface area (TPSA) is 24.5 Å². The first-order valence-electron chi connectivity index (χ1n) is 8.80. The van der Waals surface area contributed by atoms with Crippen molar-refractivity contribution in [1.29, 1.82) is 0 Å². The van der Waals surface area contributed by atoms with Gasteiger partial charge in [0.05, 0.1) is 18.8 Å². The fourth-order valence-electron chi connectivity index (χ4n) is 3.98. The van der Waals surface area contributed by atoms with Gasteiger partial charge in [-0.2, -0.15) is 0 Å². The van der Waals surface area contributed by atoms with Gasteiger partial charge in [-0.1, -0.05) is 24.3 Å². The summed E-state index contributed by atoms with van der Waals surface area (Å²) in [4.78, 5) is 2.46. The Hall–Kier alpha value is -1.82. The third-order valence-corrected chi connectivity index (χ3v) is 5.08. The SMILES string of the molecule is Fc1cc(F)cc(CO[C@@H]2Cc3ccccc3[C@H]2N2CCNCC2)c1. The summed E-state index contributed by atoms with van der Waals surface area (Å²) in [6.45, 7) is 4.12. The average molecular weight is 344 g/mol. The minimum atomic E-state index is -0.563. The van der Waals surface area contributed by atoms with Crippen LogP contribution in [0.15, 0.2) is 42.5 Å². The van der Waals surface area contributed by atoms with Gasteiger partial charge in [0.25, 0.3) is 0 Å². The van der Waals surface area contributed by atoms with Crippen LogP contribution in [0.1, 0.15) is 22.7 Å². The molecule has 5 heteroatoms. The van der Waals surface area contributed by atoms with E-state index in [2.05, 4.69) is 34.5 Å². The summed E-state index contributed by atoms with van der Waals surface area (Å²) in [6.07, 6.45) is 0.838. The Morgan fingerprint density at radius 3 is 2.52 bits per heavy atom. The summed E-state index contributed by atoms with van der Waals surface area (Å²) in [7, 11) is 0. The van der Waals surface area contributed by atoms with Gasteiger partial charge in [-0.25, -0.2) is 8.78 Å². The molecule has 1 fully saturated rings. The molecule has 2 aliphatic rings. The van der Waals surface area contributed by atoms with E-state index >= 15 is 0 Å². The molecule has 2 aromatic carbocycles. The molecule has 0 bridgehead atoms. The highest BCUT2D eigenvalue weighted by Gasteiger charge is 2.37. The quantitative estimate of drug-likeness (QED) is 0.923. The normalized spacial score (nSPS) is 23.6. The zero-order valence-electron chi connectivity index (χ0n) is 14.1. The van der Waals surface area contributed by atoms with Crippen LogP contribution in [0.3, 0.4) is 0 Å². The van der Waals surface area contributed by atoms with Crippen molar-refractivity contribution in [3.63, 3.8) is 0 Å². The van der Waals surface area contributed by atoms with Crippen LogP contribution in [-0.4, -0.2) is 37.2 Å². The Bertz CT molecular complexity index is 726. The molecular formula is C20H22F2N2O. The molecule has 0 saturated carbocycles. The standard InChI is InChI=1S/C20H22F2N2O/c21-16-9-14(10-17(22)12-16)13-25-19-11-15-3-1-2-4-18(15)20(19)24-7-5-23-6-8-24/h1-4,9-10,12,19-20,23H,5-8,11,13H2/t19-,20-/m1/s1. The van der Waals surface area contributed by atoms with E-state index in [-0.39, 0.29) is 18.8 Å². The van der Waals surface area contributed by atoms with Gasteiger partial charge in [0.15, 0.2) is 0 Å². The largest absolute Gasteiger partial charge is 0.371 e. The Morgan fingerprint density at radius 2 is 1.76 bits per heavy atom. The molecular weight excluding hydrogens is 322 g/mol. The minimum Gasteiger partial charge on any atom is -0.371 e. The molecule has 2 aromatic rings. The van der Waals surface area contributed by atoms with E-state index in [9.17, 15) is 8.78 Å². The zero-order valence-corrected chi connectivity index (χ0v) is 14.1. The first-order valence-corrected chi connectivity index (χ1v) is 8.80. The van der Waals surface area contributed by atoms with Gasteiger partial charge >= 0.3 is 0 Å². The maximum Gasteiger partial charge on any atom is 0.126 e. The molecule has 132 valence electrons. The molecule has 3 nitrogen and oxygen atoms in total. The number of rotatable bonds is 4. The molecule has 1 N–H and O–H groups in total. The molecule has 1 heterocycles. The van der Waals surface area contributed by atoms with Crippen molar-refractivity contribution in [1.82, 2.24) is 10.2 Å². The van der Waals surface area contributed by atoms with Crippen molar-refractivity contribution in [2.75, 3.05) is 26.2 Å². The first kappa shape index (κ1) is 16.6. The lowest BCUT2D eigenvalue weighted by Crippen LogP contribution is -2.47. The van der Waals surface area contributed by atoms with Gasteiger partial charge in [-0.15, -0.1) is 0 Å².